The van der Waals surface area contributed by atoms with Crippen molar-refractivity contribution in [3.8, 4) is 11.5 Å². The van der Waals surface area contributed by atoms with Gasteiger partial charge in [-0.15, -0.1) is 0 Å². The molecule has 1 aliphatic heterocycles. The zero-order chi connectivity index (χ0) is 26.3. The first kappa shape index (κ1) is 24.9. The SMILES string of the molecule is NC1=C(C(=O)NCc2ccco2)C(=Nc2ccccc2)S[C@@H]1C(=O)Nc1ccc(Oc2ccccc2)cc1. The Hall–Kier alpha value is -4.76. The number of hydrogen-bond donors (Lipinski definition) is 3. The number of ether oxygens (including phenoxy) is 1. The van der Waals surface area contributed by atoms with Gasteiger partial charge >= 0.3 is 0 Å². The van der Waals surface area contributed by atoms with Crippen LogP contribution in [0.4, 0.5) is 11.4 Å². The van der Waals surface area contributed by atoms with Crippen LogP contribution in [0.3, 0.4) is 0 Å². The van der Waals surface area contributed by atoms with Crippen LogP contribution in [0, 0.1) is 0 Å². The van der Waals surface area contributed by atoms with Crippen molar-refractivity contribution >= 4 is 40.0 Å². The summed E-state index contributed by atoms with van der Waals surface area (Å²) < 4.78 is 11.1. The van der Waals surface area contributed by atoms with E-state index in [1.54, 1.807) is 36.4 Å². The molecule has 0 bridgehead atoms. The second kappa shape index (κ2) is 11.5. The van der Waals surface area contributed by atoms with Gasteiger partial charge in [0.05, 0.1) is 24.1 Å². The summed E-state index contributed by atoms with van der Waals surface area (Å²) >= 11 is 1.14. The van der Waals surface area contributed by atoms with Gasteiger partial charge in [-0.1, -0.05) is 48.2 Å². The number of carbonyl (C=O) groups is 2. The van der Waals surface area contributed by atoms with E-state index < -0.39 is 11.2 Å². The molecule has 0 aliphatic carbocycles. The van der Waals surface area contributed by atoms with E-state index in [2.05, 4.69) is 15.6 Å². The molecule has 4 N–H and O–H groups in total. The summed E-state index contributed by atoms with van der Waals surface area (Å²) in [5.74, 6) is 1.15. The highest BCUT2D eigenvalue weighted by Gasteiger charge is 2.38. The van der Waals surface area contributed by atoms with Gasteiger partial charge in [0, 0.05) is 11.4 Å². The third kappa shape index (κ3) is 5.96. The highest BCUT2D eigenvalue weighted by Crippen LogP contribution is 2.35. The third-order valence-corrected chi connectivity index (χ3v) is 6.79. The monoisotopic (exact) mass is 524 g/mol. The van der Waals surface area contributed by atoms with Gasteiger partial charge in [0.25, 0.3) is 5.91 Å². The Morgan fingerprint density at radius 2 is 1.58 bits per heavy atom. The number of aliphatic imine (C=N–C) groups is 1. The van der Waals surface area contributed by atoms with Crippen molar-refractivity contribution in [3.05, 3.63) is 120 Å². The lowest BCUT2D eigenvalue weighted by Gasteiger charge is -2.12. The van der Waals surface area contributed by atoms with E-state index in [1.165, 1.54) is 6.26 Å². The molecular weight excluding hydrogens is 500 g/mol. The van der Waals surface area contributed by atoms with Gasteiger partial charge in [-0.2, -0.15) is 0 Å². The molecule has 2 amide bonds. The van der Waals surface area contributed by atoms with Gasteiger partial charge in [-0.3, -0.25) is 9.59 Å². The lowest BCUT2D eigenvalue weighted by atomic mass is 10.1. The van der Waals surface area contributed by atoms with Crippen molar-refractivity contribution in [2.45, 2.75) is 11.8 Å². The third-order valence-electron chi connectivity index (χ3n) is 5.57. The number of para-hydroxylation sites is 2. The number of amides is 2. The molecule has 2 heterocycles. The summed E-state index contributed by atoms with van der Waals surface area (Å²) in [5.41, 5.74) is 7.93. The molecule has 0 unspecified atom stereocenters. The fraction of sp³-hybridized carbons (Fsp3) is 0.0690. The van der Waals surface area contributed by atoms with Crippen molar-refractivity contribution in [3.63, 3.8) is 0 Å². The summed E-state index contributed by atoms with van der Waals surface area (Å²) in [4.78, 5) is 31.0. The van der Waals surface area contributed by atoms with Gasteiger partial charge in [-0.25, -0.2) is 4.99 Å². The maximum atomic E-state index is 13.2. The number of nitrogens with one attached hydrogen (secondary N) is 2. The summed E-state index contributed by atoms with van der Waals surface area (Å²) in [6.45, 7) is 0.181. The van der Waals surface area contributed by atoms with E-state index in [0.29, 0.717) is 33.7 Å². The van der Waals surface area contributed by atoms with Gasteiger partial charge in [-0.05, 0) is 60.7 Å². The molecule has 0 radical (unpaired) electrons. The average Bonchev–Trinajstić information content (AvgIpc) is 3.57. The Labute approximate surface area is 223 Å². The quantitative estimate of drug-likeness (QED) is 0.285. The van der Waals surface area contributed by atoms with Gasteiger partial charge < -0.3 is 25.5 Å². The molecule has 0 saturated heterocycles. The van der Waals surface area contributed by atoms with Crippen LogP contribution in [-0.2, 0) is 16.1 Å². The molecule has 1 atom stereocenters. The van der Waals surface area contributed by atoms with Gasteiger partial charge in [0.1, 0.15) is 27.6 Å². The Morgan fingerprint density at radius 3 is 2.26 bits per heavy atom. The number of furan rings is 1. The molecule has 3 aromatic carbocycles. The lowest BCUT2D eigenvalue weighted by molar-refractivity contribution is -0.117. The van der Waals surface area contributed by atoms with Crippen molar-refractivity contribution < 1.29 is 18.7 Å². The number of rotatable bonds is 8. The van der Waals surface area contributed by atoms with Crippen LogP contribution in [0.5, 0.6) is 11.5 Å². The minimum Gasteiger partial charge on any atom is -0.467 e. The number of thioether (sulfide) groups is 1. The second-order valence-corrected chi connectivity index (χ2v) is 9.37. The Balaban J connectivity index is 1.33. The molecule has 4 aromatic rings. The lowest BCUT2D eigenvalue weighted by Crippen LogP contribution is -2.31. The molecule has 0 fully saturated rings. The van der Waals surface area contributed by atoms with Crippen molar-refractivity contribution in [2.75, 3.05) is 5.32 Å². The molecule has 8 nitrogen and oxygen atoms in total. The average molecular weight is 525 g/mol. The van der Waals surface area contributed by atoms with Crippen LogP contribution >= 0.6 is 11.8 Å². The first-order valence-corrected chi connectivity index (χ1v) is 12.7. The second-order valence-electron chi connectivity index (χ2n) is 8.27. The molecule has 0 spiro atoms. The predicted molar refractivity (Wildman–Crippen MR) is 148 cm³/mol. The summed E-state index contributed by atoms with van der Waals surface area (Å²) in [5, 5.41) is 5.21. The largest absolute Gasteiger partial charge is 0.467 e. The highest BCUT2D eigenvalue weighted by molar-refractivity contribution is 8.16. The number of benzene rings is 3. The standard InChI is InChI=1S/C29H24N4O4S/c30-25-24(27(34)31-18-23-12-7-17-36-23)29(33-19-8-3-1-4-9-19)38-26(25)28(35)32-20-13-15-22(16-14-20)37-21-10-5-2-6-11-21/h1-17,26H,18,30H2,(H,31,34)(H,32,35)/t26-/m0/s1. The number of nitrogens with zero attached hydrogens (tertiary/aromatic N) is 1. The van der Waals surface area contributed by atoms with Crippen LogP contribution in [0.15, 0.2) is 124 Å². The van der Waals surface area contributed by atoms with Crippen LogP contribution < -0.4 is 21.1 Å². The molecule has 1 aliphatic rings. The topological polar surface area (TPSA) is 119 Å². The number of nitrogens with two attached hydrogens (primary N) is 1. The molecular formula is C29H24N4O4S. The maximum Gasteiger partial charge on any atom is 0.256 e. The van der Waals surface area contributed by atoms with Crippen molar-refractivity contribution in [2.24, 2.45) is 10.7 Å². The van der Waals surface area contributed by atoms with Crippen LogP contribution in [-0.4, -0.2) is 22.1 Å². The molecule has 5 rings (SSSR count). The number of carbonyl (C=O) groups excluding carboxylic acids is 2. The zero-order valence-corrected chi connectivity index (χ0v) is 21.0. The van der Waals surface area contributed by atoms with E-state index in [9.17, 15) is 9.59 Å². The first-order chi connectivity index (χ1) is 18.6. The normalized spacial score (nSPS) is 15.9. The summed E-state index contributed by atoms with van der Waals surface area (Å²) in [6.07, 6.45) is 1.53. The van der Waals surface area contributed by atoms with E-state index in [4.69, 9.17) is 14.9 Å². The van der Waals surface area contributed by atoms with Crippen molar-refractivity contribution in [1.82, 2.24) is 5.32 Å². The minimum absolute atomic E-state index is 0.142. The molecule has 190 valence electrons. The Morgan fingerprint density at radius 1 is 0.895 bits per heavy atom. The van der Waals surface area contributed by atoms with Crippen molar-refractivity contribution in [1.29, 1.82) is 0 Å². The summed E-state index contributed by atoms with van der Waals surface area (Å²) in [7, 11) is 0. The zero-order valence-electron chi connectivity index (χ0n) is 20.2. The van der Waals surface area contributed by atoms with Gasteiger partial charge in [0.2, 0.25) is 5.91 Å². The van der Waals surface area contributed by atoms with E-state index in [0.717, 1.165) is 11.8 Å². The Bertz CT molecular complexity index is 1470. The molecule has 38 heavy (non-hydrogen) atoms. The smallest absolute Gasteiger partial charge is 0.256 e. The first-order valence-electron chi connectivity index (χ1n) is 11.8. The van der Waals surface area contributed by atoms with E-state index in [-0.39, 0.29) is 23.7 Å². The molecule has 9 heteroatoms. The molecule has 1 aromatic heterocycles. The van der Waals surface area contributed by atoms with E-state index in [1.807, 2.05) is 60.7 Å². The minimum atomic E-state index is -0.831. The van der Waals surface area contributed by atoms with Crippen LogP contribution in [0.2, 0.25) is 0 Å². The fourth-order valence-electron chi connectivity index (χ4n) is 3.72. The van der Waals surface area contributed by atoms with E-state index >= 15 is 0 Å². The summed E-state index contributed by atoms with van der Waals surface area (Å²) in [6, 6.07) is 29.1. The number of hydrogen-bond acceptors (Lipinski definition) is 7. The highest BCUT2D eigenvalue weighted by atomic mass is 32.2. The molecule has 0 saturated carbocycles. The fourth-order valence-corrected chi connectivity index (χ4v) is 4.84. The van der Waals surface area contributed by atoms with Crippen LogP contribution in [0.1, 0.15) is 5.76 Å². The maximum absolute atomic E-state index is 13.2. The Kier molecular flexibility index (Phi) is 7.56. The van der Waals surface area contributed by atoms with Crippen LogP contribution in [0.25, 0.3) is 0 Å². The number of anilines is 1. The predicted octanol–water partition coefficient (Wildman–Crippen LogP) is 5.39. The van der Waals surface area contributed by atoms with Gasteiger partial charge in [0.15, 0.2) is 0 Å².